The van der Waals surface area contributed by atoms with Gasteiger partial charge in [-0.1, -0.05) is 31.0 Å². The summed E-state index contributed by atoms with van der Waals surface area (Å²) in [6.07, 6.45) is 6.45. The van der Waals surface area contributed by atoms with Gasteiger partial charge in [0.1, 0.15) is 0 Å². The molecule has 1 aliphatic carbocycles. The minimum atomic E-state index is 0.109. The molecular weight excluding hydrogens is 264 g/mol. The fourth-order valence-corrected chi connectivity index (χ4v) is 2.87. The van der Waals surface area contributed by atoms with Crippen LogP contribution in [0.1, 0.15) is 44.4 Å². The predicted molar refractivity (Wildman–Crippen MR) is 72.5 cm³/mol. The highest BCUT2D eigenvalue weighted by atomic mass is 32.2. The zero-order valence-corrected chi connectivity index (χ0v) is 11.7. The van der Waals surface area contributed by atoms with E-state index in [-0.39, 0.29) is 12.5 Å². The molecule has 1 aromatic heterocycles. The Hall–Kier alpha value is -1.08. The molecule has 3 N–H and O–H groups in total. The molecular formula is C12H20N4O2S. The molecule has 0 radical (unpaired) electrons. The third-order valence-electron chi connectivity index (χ3n) is 3.15. The quantitative estimate of drug-likeness (QED) is 0.768. The van der Waals surface area contributed by atoms with Crippen LogP contribution in [0.4, 0.5) is 0 Å². The molecule has 1 amide bonds. The van der Waals surface area contributed by atoms with E-state index in [1.807, 2.05) is 0 Å². The van der Waals surface area contributed by atoms with E-state index < -0.39 is 0 Å². The summed E-state index contributed by atoms with van der Waals surface area (Å²) >= 11 is 1.39. The first-order valence-corrected chi connectivity index (χ1v) is 7.71. The first-order chi connectivity index (χ1) is 9.28. The fourth-order valence-electron chi connectivity index (χ4n) is 2.16. The molecule has 0 spiro atoms. The van der Waals surface area contributed by atoms with Gasteiger partial charge in [-0.25, -0.2) is 0 Å². The van der Waals surface area contributed by atoms with E-state index in [0.29, 0.717) is 29.3 Å². The average Bonchev–Trinajstić information content (AvgIpc) is 2.88. The van der Waals surface area contributed by atoms with Gasteiger partial charge in [0, 0.05) is 18.2 Å². The van der Waals surface area contributed by atoms with E-state index >= 15 is 0 Å². The van der Waals surface area contributed by atoms with Crippen molar-refractivity contribution in [3.05, 3.63) is 5.89 Å². The molecule has 0 aromatic carbocycles. The molecule has 6 nitrogen and oxygen atoms in total. The number of aromatic nitrogens is 2. The van der Waals surface area contributed by atoms with Crippen molar-refractivity contribution in [1.82, 2.24) is 15.5 Å². The molecule has 0 unspecified atom stereocenters. The van der Waals surface area contributed by atoms with Crippen molar-refractivity contribution in [3.63, 3.8) is 0 Å². The molecule has 1 fully saturated rings. The molecule has 0 atom stereocenters. The molecule has 19 heavy (non-hydrogen) atoms. The Morgan fingerprint density at radius 1 is 1.37 bits per heavy atom. The number of carbonyl (C=O) groups is 1. The van der Waals surface area contributed by atoms with Crippen molar-refractivity contribution in [3.8, 4) is 0 Å². The van der Waals surface area contributed by atoms with Crippen LogP contribution in [0.2, 0.25) is 0 Å². The van der Waals surface area contributed by atoms with Crippen molar-refractivity contribution in [2.24, 2.45) is 5.73 Å². The first-order valence-electron chi connectivity index (χ1n) is 6.72. The number of thioether (sulfide) groups is 1. The van der Waals surface area contributed by atoms with Crippen molar-refractivity contribution in [2.45, 2.75) is 56.3 Å². The van der Waals surface area contributed by atoms with Gasteiger partial charge in [-0.05, 0) is 12.8 Å². The van der Waals surface area contributed by atoms with Crippen LogP contribution in [0.15, 0.2) is 9.64 Å². The predicted octanol–water partition coefficient (Wildman–Crippen LogP) is 1.46. The summed E-state index contributed by atoms with van der Waals surface area (Å²) < 4.78 is 5.25. The highest BCUT2D eigenvalue weighted by Crippen LogP contribution is 2.19. The highest BCUT2D eigenvalue weighted by molar-refractivity contribution is 7.99. The minimum absolute atomic E-state index is 0.109. The number of nitrogens with zero attached hydrogens (tertiary/aromatic N) is 2. The number of nitrogens with two attached hydrogens (primary N) is 1. The summed E-state index contributed by atoms with van der Waals surface area (Å²) in [4.78, 5) is 11.8. The SMILES string of the molecule is NCc1nnc(SCCC(=O)NC2CCCCC2)o1. The lowest BCUT2D eigenvalue weighted by molar-refractivity contribution is -0.121. The van der Waals surface area contributed by atoms with Gasteiger partial charge in [-0.3, -0.25) is 4.79 Å². The maximum Gasteiger partial charge on any atom is 0.276 e. The summed E-state index contributed by atoms with van der Waals surface area (Å²) in [5.74, 6) is 1.18. The van der Waals surface area contributed by atoms with Crippen LogP contribution in [0.5, 0.6) is 0 Å². The monoisotopic (exact) mass is 284 g/mol. The van der Waals surface area contributed by atoms with Gasteiger partial charge in [-0.15, -0.1) is 10.2 Å². The maximum absolute atomic E-state index is 11.8. The largest absolute Gasteiger partial charge is 0.415 e. The van der Waals surface area contributed by atoms with E-state index in [1.54, 1.807) is 0 Å². The van der Waals surface area contributed by atoms with Gasteiger partial charge >= 0.3 is 0 Å². The Morgan fingerprint density at radius 2 is 2.16 bits per heavy atom. The van der Waals surface area contributed by atoms with Crippen molar-refractivity contribution < 1.29 is 9.21 Å². The minimum Gasteiger partial charge on any atom is -0.415 e. The maximum atomic E-state index is 11.8. The van der Waals surface area contributed by atoms with E-state index in [0.717, 1.165) is 12.8 Å². The van der Waals surface area contributed by atoms with Crippen LogP contribution in [-0.4, -0.2) is 27.9 Å². The lowest BCUT2D eigenvalue weighted by atomic mass is 9.95. The van der Waals surface area contributed by atoms with E-state index in [1.165, 1.54) is 31.0 Å². The van der Waals surface area contributed by atoms with Gasteiger partial charge in [0.25, 0.3) is 5.22 Å². The number of hydrogen-bond acceptors (Lipinski definition) is 6. The molecule has 0 aliphatic heterocycles. The molecule has 106 valence electrons. The van der Waals surface area contributed by atoms with Crippen LogP contribution < -0.4 is 11.1 Å². The Kier molecular flexibility index (Phi) is 5.65. The summed E-state index contributed by atoms with van der Waals surface area (Å²) in [6, 6.07) is 0.374. The topological polar surface area (TPSA) is 94.0 Å². The molecule has 0 bridgehead atoms. The van der Waals surface area contributed by atoms with Crippen molar-refractivity contribution in [1.29, 1.82) is 0 Å². The van der Waals surface area contributed by atoms with Crippen LogP contribution in [-0.2, 0) is 11.3 Å². The number of hydrogen-bond donors (Lipinski definition) is 2. The Bertz CT molecular complexity index is 404. The zero-order chi connectivity index (χ0) is 13.5. The summed E-state index contributed by atoms with van der Waals surface area (Å²) in [5, 5.41) is 11.2. The lowest BCUT2D eigenvalue weighted by Crippen LogP contribution is -2.36. The molecule has 1 aromatic rings. The summed E-state index contributed by atoms with van der Waals surface area (Å²) in [6.45, 7) is 0.246. The average molecular weight is 284 g/mol. The van der Waals surface area contributed by atoms with Crippen LogP contribution in [0.25, 0.3) is 0 Å². The normalized spacial score (nSPS) is 16.5. The van der Waals surface area contributed by atoms with Gasteiger partial charge in [-0.2, -0.15) is 0 Å². The van der Waals surface area contributed by atoms with Crippen molar-refractivity contribution >= 4 is 17.7 Å². The van der Waals surface area contributed by atoms with E-state index in [9.17, 15) is 4.79 Å². The van der Waals surface area contributed by atoms with E-state index in [2.05, 4.69) is 15.5 Å². The zero-order valence-electron chi connectivity index (χ0n) is 10.9. The second kappa shape index (κ2) is 7.49. The Morgan fingerprint density at radius 3 is 2.84 bits per heavy atom. The Labute approximate surface area is 116 Å². The summed E-state index contributed by atoms with van der Waals surface area (Å²) in [7, 11) is 0. The lowest BCUT2D eigenvalue weighted by Gasteiger charge is -2.22. The highest BCUT2D eigenvalue weighted by Gasteiger charge is 2.15. The molecule has 0 saturated heterocycles. The van der Waals surface area contributed by atoms with Crippen LogP contribution >= 0.6 is 11.8 Å². The number of carbonyl (C=O) groups excluding carboxylic acids is 1. The molecule has 2 rings (SSSR count). The second-order valence-corrected chi connectivity index (χ2v) is 5.71. The number of nitrogens with one attached hydrogen (secondary N) is 1. The van der Waals surface area contributed by atoms with Crippen molar-refractivity contribution in [2.75, 3.05) is 5.75 Å². The van der Waals surface area contributed by atoms with Crippen LogP contribution in [0, 0.1) is 0 Å². The van der Waals surface area contributed by atoms with Gasteiger partial charge in [0.15, 0.2) is 0 Å². The van der Waals surface area contributed by atoms with Gasteiger partial charge in [0.2, 0.25) is 11.8 Å². The molecule has 1 aliphatic rings. The smallest absolute Gasteiger partial charge is 0.276 e. The molecule has 7 heteroatoms. The summed E-state index contributed by atoms with van der Waals surface area (Å²) in [5.41, 5.74) is 5.37. The number of amides is 1. The second-order valence-electron chi connectivity index (χ2n) is 4.67. The van der Waals surface area contributed by atoms with Gasteiger partial charge in [0.05, 0.1) is 6.54 Å². The first kappa shape index (κ1) is 14.3. The fraction of sp³-hybridized carbons (Fsp3) is 0.750. The standard InChI is InChI=1S/C12H20N4O2S/c13-8-11-15-16-12(18-11)19-7-6-10(17)14-9-4-2-1-3-5-9/h9H,1-8,13H2,(H,14,17). The number of rotatable bonds is 6. The van der Waals surface area contributed by atoms with Gasteiger partial charge < -0.3 is 15.5 Å². The third kappa shape index (κ3) is 4.83. The molecule has 1 saturated carbocycles. The molecule has 1 heterocycles. The Balaban J connectivity index is 1.63. The van der Waals surface area contributed by atoms with E-state index in [4.69, 9.17) is 10.2 Å². The third-order valence-corrected chi connectivity index (χ3v) is 3.97. The van der Waals surface area contributed by atoms with Crippen LogP contribution in [0.3, 0.4) is 0 Å².